The van der Waals surface area contributed by atoms with Crippen LogP contribution in [-0.4, -0.2) is 41.3 Å². The second-order valence-electron chi connectivity index (χ2n) is 5.88. The number of nitrogens with one attached hydrogen (secondary N) is 1. The van der Waals surface area contributed by atoms with Crippen molar-refractivity contribution in [2.24, 2.45) is 0 Å². The van der Waals surface area contributed by atoms with Crippen molar-refractivity contribution in [1.82, 2.24) is 15.3 Å². The maximum absolute atomic E-state index is 12.2. The molecule has 0 saturated carbocycles. The lowest BCUT2D eigenvalue weighted by atomic mass is 10.2. The van der Waals surface area contributed by atoms with E-state index in [4.69, 9.17) is 0 Å². The molecule has 3 aromatic rings. The first-order valence-electron chi connectivity index (χ1n) is 8.56. The van der Waals surface area contributed by atoms with Crippen LogP contribution in [0, 0.1) is 6.92 Å². The Kier molecular flexibility index (Phi) is 6.46. The molecule has 0 unspecified atom stereocenters. The molecule has 136 valence electrons. The summed E-state index contributed by atoms with van der Waals surface area (Å²) in [5.41, 5.74) is 2.43. The smallest absolute Gasteiger partial charge is 0.230 e. The van der Waals surface area contributed by atoms with Gasteiger partial charge in [-0.05, 0) is 43.0 Å². The minimum atomic E-state index is 0.0253. The van der Waals surface area contributed by atoms with E-state index in [1.54, 1.807) is 17.7 Å². The largest absolute Gasteiger partial charge is 0.370 e. The van der Waals surface area contributed by atoms with Crippen molar-refractivity contribution in [3.63, 3.8) is 0 Å². The molecule has 1 amide bonds. The Bertz CT molecular complexity index is 881. The van der Waals surface area contributed by atoms with Crippen molar-refractivity contribution < 1.29 is 4.79 Å². The second kappa shape index (κ2) is 9.00. The van der Waals surface area contributed by atoms with E-state index in [9.17, 15) is 4.79 Å². The lowest BCUT2D eigenvalue weighted by molar-refractivity contribution is -0.118. The number of thiophene rings is 1. The molecule has 0 aliphatic heterocycles. The van der Waals surface area contributed by atoms with E-state index < -0.39 is 0 Å². The predicted molar refractivity (Wildman–Crippen MR) is 110 cm³/mol. The molecule has 5 nitrogen and oxygen atoms in total. The number of nitrogens with zero attached hydrogens (tertiary/aromatic N) is 3. The maximum atomic E-state index is 12.2. The fraction of sp³-hybridized carbons (Fsp3) is 0.316. The summed E-state index contributed by atoms with van der Waals surface area (Å²) in [5.74, 6) is 0.385. The Morgan fingerprint density at radius 1 is 1.31 bits per heavy atom. The molecular weight excluding hydrogens is 364 g/mol. The average Bonchev–Trinajstić information content (AvgIpc) is 3.13. The number of aromatic nitrogens is 2. The van der Waals surface area contributed by atoms with Crippen molar-refractivity contribution in [1.29, 1.82) is 0 Å². The van der Waals surface area contributed by atoms with E-state index in [-0.39, 0.29) is 5.91 Å². The Morgan fingerprint density at radius 3 is 3.00 bits per heavy atom. The number of thioether (sulfide) groups is 1. The number of anilines is 1. The fourth-order valence-corrected chi connectivity index (χ4v) is 4.30. The van der Waals surface area contributed by atoms with Crippen LogP contribution in [0.2, 0.25) is 0 Å². The van der Waals surface area contributed by atoms with Crippen LogP contribution in [0.1, 0.15) is 12.5 Å². The van der Waals surface area contributed by atoms with Crippen LogP contribution in [0.25, 0.3) is 10.2 Å². The maximum Gasteiger partial charge on any atom is 0.230 e. The molecule has 3 rings (SSSR count). The molecule has 0 radical (unpaired) electrons. The van der Waals surface area contributed by atoms with Crippen molar-refractivity contribution >= 4 is 44.9 Å². The first-order valence-corrected chi connectivity index (χ1v) is 10.4. The third-order valence-electron chi connectivity index (χ3n) is 4.02. The third kappa shape index (κ3) is 4.74. The van der Waals surface area contributed by atoms with Gasteiger partial charge in [0.2, 0.25) is 5.91 Å². The van der Waals surface area contributed by atoms with Crippen LogP contribution in [0.3, 0.4) is 0 Å². The quantitative estimate of drug-likeness (QED) is 0.472. The molecule has 2 aromatic heterocycles. The molecule has 0 atom stereocenters. The van der Waals surface area contributed by atoms with E-state index in [0.29, 0.717) is 12.3 Å². The zero-order valence-electron chi connectivity index (χ0n) is 14.9. The van der Waals surface area contributed by atoms with Gasteiger partial charge in [-0.25, -0.2) is 9.97 Å². The SMILES string of the molecule is CCN(CCNC(=O)CSc1ncnc2sccc12)c1cccc(C)c1. The minimum absolute atomic E-state index is 0.0253. The molecule has 7 heteroatoms. The molecule has 0 fully saturated rings. The van der Waals surface area contributed by atoms with Gasteiger partial charge in [0, 0.05) is 30.7 Å². The Morgan fingerprint density at radius 2 is 2.19 bits per heavy atom. The van der Waals surface area contributed by atoms with Crippen LogP contribution in [-0.2, 0) is 4.79 Å². The third-order valence-corrected chi connectivity index (χ3v) is 5.84. The molecule has 26 heavy (non-hydrogen) atoms. The van der Waals surface area contributed by atoms with Crippen molar-refractivity contribution in [2.45, 2.75) is 18.9 Å². The summed E-state index contributed by atoms with van der Waals surface area (Å²) in [6, 6.07) is 10.4. The zero-order chi connectivity index (χ0) is 18.4. The summed E-state index contributed by atoms with van der Waals surface area (Å²) in [6.45, 7) is 6.54. The van der Waals surface area contributed by atoms with Crippen LogP contribution in [0.5, 0.6) is 0 Å². The van der Waals surface area contributed by atoms with Gasteiger partial charge in [-0.1, -0.05) is 23.9 Å². The number of fused-ring (bicyclic) bond motifs is 1. The van der Waals surface area contributed by atoms with Gasteiger partial charge in [-0.2, -0.15) is 0 Å². The standard InChI is InChI=1S/C19H22N4OS2/c1-3-23(15-6-4-5-14(2)11-15)9-8-20-17(24)12-26-19-16-7-10-25-18(16)21-13-22-19/h4-7,10-11,13H,3,8-9,12H2,1-2H3,(H,20,24). The van der Waals surface area contributed by atoms with E-state index in [2.05, 4.69) is 58.3 Å². The van der Waals surface area contributed by atoms with E-state index in [1.165, 1.54) is 23.0 Å². The van der Waals surface area contributed by atoms with Crippen molar-refractivity contribution in [3.8, 4) is 0 Å². The molecule has 0 spiro atoms. The highest BCUT2D eigenvalue weighted by Gasteiger charge is 2.09. The predicted octanol–water partition coefficient (Wildman–Crippen LogP) is 3.73. The number of carbonyl (C=O) groups excluding carboxylic acids is 1. The molecular formula is C19H22N4OS2. The molecule has 1 N–H and O–H groups in total. The average molecular weight is 387 g/mol. The lowest BCUT2D eigenvalue weighted by Gasteiger charge is -2.23. The number of likely N-dealkylation sites (N-methyl/N-ethyl adjacent to an activating group) is 1. The number of hydrogen-bond acceptors (Lipinski definition) is 6. The van der Waals surface area contributed by atoms with E-state index >= 15 is 0 Å². The van der Waals surface area contributed by atoms with Gasteiger partial charge in [0.1, 0.15) is 16.2 Å². The Balaban J connectivity index is 1.47. The van der Waals surface area contributed by atoms with Gasteiger partial charge in [-0.15, -0.1) is 11.3 Å². The number of amides is 1. The zero-order valence-corrected chi connectivity index (χ0v) is 16.6. The van der Waals surface area contributed by atoms with Gasteiger partial charge in [-0.3, -0.25) is 4.79 Å². The molecule has 0 bridgehead atoms. The Hall–Kier alpha value is -2.12. The van der Waals surface area contributed by atoms with Crippen molar-refractivity contribution in [2.75, 3.05) is 30.3 Å². The fourth-order valence-electron chi connectivity index (χ4n) is 2.69. The highest BCUT2D eigenvalue weighted by Crippen LogP contribution is 2.27. The van der Waals surface area contributed by atoms with Crippen LogP contribution < -0.4 is 10.2 Å². The summed E-state index contributed by atoms with van der Waals surface area (Å²) in [6.07, 6.45) is 1.56. The molecule has 2 heterocycles. The summed E-state index contributed by atoms with van der Waals surface area (Å²) in [5, 5.41) is 6.88. The number of aryl methyl sites for hydroxylation is 1. The first-order chi connectivity index (χ1) is 12.7. The monoisotopic (exact) mass is 386 g/mol. The summed E-state index contributed by atoms with van der Waals surface area (Å²) in [4.78, 5) is 23.9. The number of benzene rings is 1. The topological polar surface area (TPSA) is 58.1 Å². The highest BCUT2D eigenvalue weighted by atomic mass is 32.2. The molecule has 0 aliphatic carbocycles. The first kappa shape index (κ1) is 18.7. The highest BCUT2D eigenvalue weighted by molar-refractivity contribution is 8.00. The van der Waals surface area contributed by atoms with Gasteiger partial charge in [0.15, 0.2) is 0 Å². The van der Waals surface area contributed by atoms with E-state index in [1.807, 2.05) is 11.4 Å². The van der Waals surface area contributed by atoms with E-state index in [0.717, 1.165) is 28.3 Å². The van der Waals surface area contributed by atoms with Gasteiger partial charge < -0.3 is 10.2 Å². The van der Waals surface area contributed by atoms with Gasteiger partial charge >= 0.3 is 0 Å². The minimum Gasteiger partial charge on any atom is -0.370 e. The lowest BCUT2D eigenvalue weighted by Crippen LogP contribution is -2.35. The van der Waals surface area contributed by atoms with Gasteiger partial charge in [0.25, 0.3) is 0 Å². The summed E-state index contributed by atoms with van der Waals surface area (Å²) >= 11 is 3.04. The summed E-state index contributed by atoms with van der Waals surface area (Å²) in [7, 11) is 0. The van der Waals surface area contributed by atoms with Crippen molar-refractivity contribution in [3.05, 3.63) is 47.6 Å². The number of carbonyl (C=O) groups is 1. The normalized spacial score (nSPS) is 10.8. The van der Waals surface area contributed by atoms with Crippen LogP contribution >= 0.6 is 23.1 Å². The Labute approximate surface area is 161 Å². The van der Waals surface area contributed by atoms with Gasteiger partial charge in [0.05, 0.1) is 5.75 Å². The summed E-state index contributed by atoms with van der Waals surface area (Å²) < 4.78 is 0. The second-order valence-corrected chi connectivity index (χ2v) is 7.73. The molecule has 0 saturated heterocycles. The number of rotatable bonds is 8. The molecule has 0 aliphatic rings. The number of hydrogen-bond donors (Lipinski definition) is 1. The van der Waals surface area contributed by atoms with Crippen LogP contribution in [0.4, 0.5) is 5.69 Å². The molecule has 1 aromatic carbocycles. The van der Waals surface area contributed by atoms with Crippen LogP contribution in [0.15, 0.2) is 47.1 Å².